The number of aromatic nitrogens is 2. The van der Waals surface area contributed by atoms with Crippen LogP contribution in [0.25, 0.3) is 10.9 Å². The SMILES string of the molecule is CC(C)N(CCn1c(S[C@H](C)C(=O)NC2CC2)nc2ccccc2c1=O)C(C)C. The number of benzene rings is 1. The van der Waals surface area contributed by atoms with E-state index in [1.807, 2.05) is 31.2 Å². The summed E-state index contributed by atoms with van der Waals surface area (Å²) in [6.45, 7) is 11.9. The molecule has 0 unspecified atom stereocenters. The van der Waals surface area contributed by atoms with Gasteiger partial charge in [-0.1, -0.05) is 23.9 Å². The number of amides is 1. The van der Waals surface area contributed by atoms with Gasteiger partial charge in [-0.25, -0.2) is 4.98 Å². The van der Waals surface area contributed by atoms with Gasteiger partial charge in [0.05, 0.1) is 16.2 Å². The van der Waals surface area contributed by atoms with Gasteiger partial charge in [-0.3, -0.25) is 19.1 Å². The lowest BCUT2D eigenvalue weighted by molar-refractivity contribution is -0.120. The molecule has 1 aliphatic rings. The molecule has 0 saturated heterocycles. The van der Waals surface area contributed by atoms with Gasteiger partial charge >= 0.3 is 0 Å². The normalized spacial score (nSPS) is 15.4. The zero-order valence-electron chi connectivity index (χ0n) is 18.0. The Balaban J connectivity index is 1.90. The highest BCUT2D eigenvalue weighted by molar-refractivity contribution is 8.00. The number of thioether (sulfide) groups is 1. The molecule has 1 aliphatic carbocycles. The quantitative estimate of drug-likeness (QED) is 0.502. The molecule has 6 nitrogen and oxygen atoms in total. The lowest BCUT2D eigenvalue weighted by Crippen LogP contribution is -2.41. The molecule has 1 heterocycles. The summed E-state index contributed by atoms with van der Waals surface area (Å²) in [4.78, 5) is 32.8. The van der Waals surface area contributed by atoms with Crippen molar-refractivity contribution >= 4 is 28.6 Å². The highest BCUT2D eigenvalue weighted by atomic mass is 32.2. The minimum absolute atomic E-state index is 0.0115. The van der Waals surface area contributed by atoms with E-state index in [1.165, 1.54) is 11.8 Å². The first-order valence-corrected chi connectivity index (χ1v) is 11.4. The van der Waals surface area contributed by atoms with Crippen LogP contribution in [0.2, 0.25) is 0 Å². The van der Waals surface area contributed by atoms with Crippen LogP contribution in [-0.2, 0) is 11.3 Å². The summed E-state index contributed by atoms with van der Waals surface area (Å²) in [5.41, 5.74) is 0.635. The molecule has 1 N–H and O–H groups in total. The number of nitrogens with zero attached hydrogens (tertiary/aromatic N) is 3. The molecule has 1 aromatic carbocycles. The molecular weight excluding hydrogens is 384 g/mol. The van der Waals surface area contributed by atoms with Gasteiger partial charge in [0.1, 0.15) is 0 Å². The summed E-state index contributed by atoms with van der Waals surface area (Å²) in [5.74, 6) is 0.0115. The molecule has 0 bridgehead atoms. The largest absolute Gasteiger partial charge is 0.352 e. The summed E-state index contributed by atoms with van der Waals surface area (Å²) < 4.78 is 1.74. The maximum absolute atomic E-state index is 13.2. The van der Waals surface area contributed by atoms with Crippen LogP contribution in [0, 0.1) is 0 Å². The number of fused-ring (bicyclic) bond motifs is 1. The Labute approximate surface area is 177 Å². The lowest BCUT2D eigenvalue weighted by atomic mass is 10.2. The number of carbonyl (C=O) groups is 1. The van der Waals surface area contributed by atoms with Gasteiger partial charge in [-0.05, 0) is 59.6 Å². The van der Waals surface area contributed by atoms with Crippen LogP contribution < -0.4 is 10.9 Å². The Morgan fingerprint density at radius 1 is 1.21 bits per heavy atom. The molecule has 7 heteroatoms. The van der Waals surface area contributed by atoms with E-state index < -0.39 is 0 Å². The van der Waals surface area contributed by atoms with Crippen molar-refractivity contribution in [2.75, 3.05) is 6.54 Å². The number of hydrogen-bond donors (Lipinski definition) is 1. The zero-order chi connectivity index (χ0) is 21.1. The monoisotopic (exact) mass is 416 g/mol. The average Bonchev–Trinajstić information content (AvgIpc) is 3.47. The summed E-state index contributed by atoms with van der Waals surface area (Å²) in [6, 6.07) is 8.52. The zero-order valence-corrected chi connectivity index (χ0v) is 18.8. The molecule has 0 spiro atoms. The maximum atomic E-state index is 13.2. The first-order chi connectivity index (χ1) is 13.8. The first kappa shape index (κ1) is 21.8. The van der Waals surface area contributed by atoms with Crippen molar-refractivity contribution in [2.24, 2.45) is 0 Å². The van der Waals surface area contributed by atoms with E-state index in [9.17, 15) is 9.59 Å². The standard InChI is InChI=1S/C22H32N4O2S/c1-14(2)25(15(3)4)12-13-26-21(28)18-8-6-7-9-19(18)24-22(26)29-16(5)20(27)23-17-10-11-17/h6-9,14-17H,10-13H2,1-5H3,(H,23,27)/t16-/m1/s1. The lowest BCUT2D eigenvalue weighted by Gasteiger charge is -2.31. The number of rotatable bonds is 9. The minimum atomic E-state index is -0.304. The Morgan fingerprint density at radius 2 is 1.86 bits per heavy atom. The van der Waals surface area contributed by atoms with Gasteiger partial charge in [0.25, 0.3) is 5.56 Å². The van der Waals surface area contributed by atoms with E-state index in [-0.39, 0.29) is 16.7 Å². The van der Waals surface area contributed by atoms with E-state index >= 15 is 0 Å². The Hall–Kier alpha value is -1.86. The van der Waals surface area contributed by atoms with Crippen molar-refractivity contribution in [3.05, 3.63) is 34.6 Å². The van der Waals surface area contributed by atoms with Crippen LogP contribution in [-0.4, -0.2) is 50.3 Å². The fourth-order valence-corrected chi connectivity index (χ4v) is 4.46. The molecule has 158 valence electrons. The third kappa shape index (κ3) is 5.39. The molecule has 3 rings (SSSR count). The third-order valence-electron chi connectivity index (χ3n) is 5.31. The first-order valence-electron chi connectivity index (χ1n) is 10.5. The molecule has 0 radical (unpaired) electrons. The average molecular weight is 417 g/mol. The van der Waals surface area contributed by atoms with Crippen molar-refractivity contribution < 1.29 is 4.79 Å². The van der Waals surface area contributed by atoms with Crippen molar-refractivity contribution in [3.8, 4) is 0 Å². The van der Waals surface area contributed by atoms with E-state index in [0.29, 0.717) is 40.7 Å². The van der Waals surface area contributed by atoms with E-state index in [0.717, 1.165) is 19.4 Å². The van der Waals surface area contributed by atoms with E-state index in [4.69, 9.17) is 4.98 Å². The molecule has 1 fully saturated rings. The van der Waals surface area contributed by atoms with Crippen LogP contribution in [0.4, 0.5) is 0 Å². The molecule has 1 atom stereocenters. The summed E-state index contributed by atoms with van der Waals surface area (Å²) in [5, 5.41) is 3.97. The molecule has 0 aliphatic heterocycles. The summed E-state index contributed by atoms with van der Waals surface area (Å²) >= 11 is 1.37. The van der Waals surface area contributed by atoms with Gasteiger partial charge in [-0.15, -0.1) is 0 Å². The summed E-state index contributed by atoms with van der Waals surface area (Å²) in [6.07, 6.45) is 2.12. The maximum Gasteiger partial charge on any atom is 0.262 e. The fourth-order valence-electron chi connectivity index (χ4n) is 3.52. The highest BCUT2D eigenvalue weighted by Gasteiger charge is 2.27. The van der Waals surface area contributed by atoms with Crippen LogP contribution in [0.5, 0.6) is 0 Å². The smallest absolute Gasteiger partial charge is 0.262 e. The van der Waals surface area contributed by atoms with Gasteiger partial charge in [0.15, 0.2) is 5.16 Å². The van der Waals surface area contributed by atoms with E-state index in [1.54, 1.807) is 4.57 Å². The number of hydrogen-bond acceptors (Lipinski definition) is 5. The Kier molecular flexibility index (Phi) is 7.01. The van der Waals surface area contributed by atoms with Crippen LogP contribution in [0.15, 0.2) is 34.2 Å². The predicted octanol–water partition coefficient (Wildman–Crippen LogP) is 3.27. The highest BCUT2D eigenvalue weighted by Crippen LogP contribution is 2.25. The minimum Gasteiger partial charge on any atom is -0.352 e. The predicted molar refractivity (Wildman–Crippen MR) is 119 cm³/mol. The Bertz CT molecular complexity index is 913. The second-order valence-corrected chi connectivity index (χ2v) is 9.64. The van der Waals surface area contributed by atoms with Gasteiger partial charge in [0, 0.05) is 31.2 Å². The molecule has 1 amide bonds. The van der Waals surface area contributed by atoms with Crippen molar-refractivity contribution in [1.29, 1.82) is 0 Å². The third-order valence-corrected chi connectivity index (χ3v) is 6.40. The van der Waals surface area contributed by atoms with Crippen molar-refractivity contribution in [2.45, 2.75) is 82.5 Å². The molecule has 1 aromatic heterocycles. The second kappa shape index (κ2) is 9.30. The van der Waals surface area contributed by atoms with Gasteiger partial charge < -0.3 is 5.32 Å². The molecular formula is C22H32N4O2S. The number of para-hydroxylation sites is 1. The van der Waals surface area contributed by atoms with Crippen molar-refractivity contribution in [1.82, 2.24) is 19.8 Å². The number of nitrogens with one attached hydrogen (secondary N) is 1. The van der Waals surface area contributed by atoms with Crippen LogP contribution >= 0.6 is 11.8 Å². The molecule has 29 heavy (non-hydrogen) atoms. The topological polar surface area (TPSA) is 67.2 Å². The van der Waals surface area contributed by atoms with Gasteiger partial charge in [-0.2, -0.15) is 0 Å². The second-order valence-electron chi connectivity index (χ2n) is 8.34. The molecule has 2 aromatic rings. The Morgan fingerprint density at radius 3 is 2.48 bits per heavy atom. The molecule has 1 saturated carbocycles. The van der Waals surface area contributed by atoms with Gasteiger partial charge in [0.2, 0.25) is 5.91 Å². The van der Waals surface area contributed by atoms with Crippen LogP contribution in [0.3, 0.4) is 0 Å². The summed E-state index contributed by atoms with van der Waals surface area (Å²) in [7, 11) is 0. The van der Waals surface area contributed by atoms with Crippen LogP contribution in [0.1, 0.15) is 47.5 Å². The van der Waals surface area contributed by atoms with Crippen molar-refractivity contribution in [3.63, 3.8) is 0 Å². The fraction of sp³-hybridized carbons (Fsp3) is 0.591. The van der Waals surface area contributed by atoms with E-state index in [2.05, 4.69) is 37.9 Å². The number of carbonyl (C=O) groups excluding carboxylic acids is 1.